The molecule has 1 N–H and O–H groups in total. The molecule has 4 aliphatic rings. The number of anilines is 4. The molecular formula is C38H36N8O14. The van der Waals surface area contributed by atoms with E-state index in [0.717, 1.165) is 34.1 Å². The number of nitro benzene ring substituents is 4. The largest absolute Gasteiger partial charge is 0.504 e. The number of nitrogens with zero attached hydrogens (tertiary/aromatic N) is 8. The number of carbonyl (C=O) groups is 4. The molecule has 0 aromatic heterocycles. The highest BCUT2D eigenvalue weighted by atomic mass is 16.6. The van der Waals surface area contributed by atoms with Crippen molar-refractivity contribution in [1.29, 1.82) is 0 Å². The van der Waals surface area contributed by atoms with Gasteiger partial charge < -0.3 is 19.6 Å². The summed E-state index contributed by atoms with van der Waals surface area (Å²) in [5, 5.41) is 60.4. The van der Waals surface area contributed by atoms with Crippen LogP contribution in [0.3, 0.4) is 0 Å². The molecule has 2 heterocycles. The average Bonchev–Trinajstić information content (AvgIpc) is 3.60. The van der Waals surface area contributed by atoms with Crippen molar-refractivity contribution in [2.75, 3.05) is 54.4 Å². The Morgan fingerprint density at radius 3 is 1.57 bits per heavy atom. The van der Waals surface area contributed by atoms with Crippen LogP contribution in [0.4, 0.5) is 45.5 Å². The van der Waals surface area contributed by atoms with Gasteiger partial charge in [-0.3, -0.25) is 59.6 Å². The number of rotatable bonds is 11. The zero-order valence-electron chi connectivity index (χ0n) is 32.5. The lowest BCUT2D eigenvalue weighted by molar-refractivity contribution is -0.392. The van der Waals surface area contributed by atoms with Gasteiger partial charge in [0, 0.05) is 63.9 Å². The number of fused-ring (bicyclic) bond motifs is 4. The molecule has 3 aromatic rings. The first-order valence-corrected chi connectivity index (χ1v) is 18.5. The van der Waals surface area contributed by atoms with E-state index >= 15 is 0 Å². The number of aromatic hydroxyl groups is 1. The molecule has 60 heavy (non-hydrogen) atoms. The van der Waals surface area contributed by atoms with Crippen molar-refractivity contribution in [3.63, 3.8) is 0 Å². The average molecular weight is 829 g/mol. The molecule has 4 amide bonds. The van der Waals surface area contributed by atoms with Crippen LogP contribution < -0.4 is 24.3 Å². The van der Waals surface area contributed by atoms with E-state index in [0.29, 0.717) is 15.4 Å². The van der Waals surface area contributed by atoms with E-state index in [-0.39, 0.29) is 47.9 Å². The fraction of sp³-hybridized carbons (Fsp3) is 0.368. The summed E-state index contributed by atoms with van der Waals surface area (Å²) in [4.78, 5) is 107. The molecule has 312 valence electrons. The maximum absolute atomic E-state index is 14.7. The van der Waals surface area contributed by atoms with Gasteiger partial charge >= 0.3 is 22.7 Å². The van der Waals surface area contributed by atoms with Gasteiger partial charge in [0.05, 0.1) is 61.3 Å². The number of phenolic OH excluding ortho intramolecular Hbond substituents is 1. The molecule has 0 spiro atoms. The van der Waals surface area contributed by atoms with Gasteiger partial charge in [0.25, 0.3) is 0 Å². The van der Waals surface area contributed by atoms with E-state index in [1.165, 1.54) is 40.3 Å². The van der Waals surface area contributed by atoms with Crippen LogP contribution in [0.2, 0.25) is 0 Å². The smallest absolute Gasteiger partial charge is 0.301 e. The highest BCUT2D eigenvalue weighted by Crippen LogP contribution is 2.60. The van der Waals surface area contributed by atoms with E-state index in [4.69, 9.17) is 4.74 Å². The summed E-state index contributed by atoms with van der Waals surface area (Å²) in [5.74, 6) is -11.0. The number of carbonyl (C=O) groups excluding carboxylic acids is 4. The molecule has 7 rings (SSSR count). The molecule has 2 saturated heterocycles. The summed E-state index contributed by atoms with van der Waals surface area (Å²) in [6.07, 6.45) is 1.29. The lowest BCUT2D eigenvalue weighted by Crippen LogP contribution is -2.43. The Labute approximate surface area is 338 Å². The van der Waals surface area contributed by atoms with Gasteiger partial charge in [0.2, 0.25) is 23.6 Å². The van der Waals surface area contributed by atoms with Crippen molar-refractivity contribution in [1.82, 2.24) is 0 Å². The van der Waals surface area contributed by atoms with Gasteiger partial charge in [-0.05, 0) is 31.7 Å². The maximum Gasteiger partial charge on any atom is 0.301 e. The number of hydrogen-bond acceptors (Lipinski definition) is 16. The minimum absolute atomic E-state index is 0.0322. The van der Waals surface area contributed by atoms with Gasteiger partial charge in [0.15, 0.2) is 22.9 Å². The van der Waals surface area contributed by atoms with Gasteiger partial charge in [0.1, 0.15) is 0 Å². The lowest BCUT2D eigenvalue weighted by Gasteiger charge is -2.44. The monoisotopic (exact) mass is 828 g/mol. The van der Waals surface area contributed by atoms with E-state index in [1.807, 2.05) is 0 Å². The molecule has 22 heteroatoms. The molecule has 3 aromatic carbocycles. The lowest BCUT2D eigenvalue weighted by atomic mass is 9.57. The number of para-hydroxylation sites is 1. The molecular weight excluding hydrogens is 792 g/mol. The van der Waals surface area contributed by atoms with Crippen molar-refractivity contribution in [2.24, 2.45) is 29.6 Å². The molecule has 3 fully saturated rings. The van der Waals surface area contributed by atoms with Crippen LogP contribution in [0.5, 0.6) is 11.5 Å². The Bertz CT molecular complexity index is 2430. The Kier molecular flexibility index (Phi) is 9.96. The zero-order chi connectivity index (χ0) is 43.8. The number of allylic oxidation sites excluding steroid dienone is 2. The second kappa shape index (κ2) is 14.7. The number of hydrogen-bond donors (Lipinski definition) is 1. The van der Waals surface area contributed by atoms with E-state index in [1.54, 1.807) is 19.1 Å². The first kappa shape index (κ1) is 40.7. The fourth-order valence-corrected chi connectivity index (χ4v) is 9.42. The van der Waals surface area contributed by atoms with Gasteiger partial charge in [-0.1, -0.05) is 23.8 Å². The van der Waals surface area contributed by atoms with Crippen LogP contribution in [0.15, 0.2) is 54.1 Å². The van der Waals surface area contributed by atoms with Crippen LogP contribution in [0.1, 0.15) is 31.2 Å². The normalized spacial score (nSPS) is 23.1. The van der Waals surface area contributed by atoms with Crippen molar-refractivity contribution < 1.29 is 48.7 Å². The third-order valence-corrected chi connectivity index (χ3v) is 11.6. The Morgan fingerprint density at radius 1 is 0.683 bits per heavy atom. The van der Waals surface area contributed by atoms with Gasteiger partial charge in [-0.2, -0.15) is 0 Å². The zero-order valence-corrected chi connectivity index (χ0v) is 32.5. The summed E-state index contributed by atoms with van der Waals surface area (Å²) in [6, 6.07) is 8.08. The van der Waals surface area contributed by atoms with Crippen molar-refractivity contribution in [2.45, 2.75) is 25.7 Å². The standard InChI is InChI=1S/C38H36N8O14/c1-6-60-28-9-7-8-20(34(28)47)29-19-10-11-21-30(37(50)41(35(21)48)17-12-24(43(52)53)32(39(2)3)25(13-17)44(54)55)22(19)16-23-31(29)38(51)42(36(23)49)18-14-26(45(56)57)33(40(4)5)27(15-18)46(58)59/h7-10,12-15,21-23,29-31,47H,6,11,16H2,1-5H3. The van der Waals surface area contributed by atoms with E-state index in [9.17, 15) is 64.7 Å². The number of benzene rings is 3. The van der Waals surface area contributed by atoms with Crippen LogP contribution >= 0.6 is 0 Å². The minimum Gasteiger partial charge on any atom is -0.504 e. The van der Waals surface area contributed by atoms with Crippen LogP contribution in [-0.4, -0.2) is 83.2 Å². The molecule has 0 bridgehead atoms. The molecule has 22 nitrogen and oxygen atoms in total. The minimum atomic E-state index is -1.32. The first-order chi connectivity index (χ1) is 28.3. The molecule has 2 aliphatic heterocycles. The molecule has 0 radical (unpaired) electrons. The Balaban J connectivity index is 1.38. The summed E-state index contributed by atoms with van der Waals surface area (Å²) in [5.41, 5.74) is -4.10. The highest BCUT2D eigenvalue weighted by molar-refractivity contribution is 6.24. The predicted octanol–water partition coefficient (Wildman–Crippen LogP) is 4.60. The first-order valence-electron chi connectivity index (χ1n) is 18.5. The third kappa shape index (κ3) is 6.09. The van der Waals surface area contributed by atoms with Crippen molar-refractivity contribution in [3.8, 4) is 11.5 Å². The van der Waals surface area contributed by atoms with Crippen LogP contribution in [0, 0.1) is 70.0 Å². The molecule has 6 unspecified atom stereocenters. The van der Waals surface area contributed by atoms with Crippen molar-refractivity contribution >= 4 is 69.1 Å². The van der Waals surface area contributed by atoms with E-state index < -0.39 is 113 Å². The number of ether oxygens (including phenoxy) is 1. The van der Waals surface area contributed by atoms with Crippen LogP contribution in [0.25, 0.3) is 0 Å². The molecule has 1 saturated carbocycles. The second-order valence-corrected chi connectivity index (χ2v) is 15.2. The highest BCUT2D eigenvalue weighted by Gasteiger charge is 2.63. The van der Waals surface area contributed by atoms with E-state index in [2.05, 4.69) is 0 Å². The number of phenols is 1. The quantitative estimate of drug-likeness (QED) is 0.120. The second-order valence-electron chi connectivity index (χ2n) is 15.2. The summed E-state index contributed by atoms with van der Waals surface area (Å²) >= 11 is 0. The van der Waals surface area contributed by atoms with Gasteiger partial charge in [-0.25, -0.2) is 9.80 Å². The Morgan fingerprint density at radius 2 is 1.13 bits per heavy atom. The molecule has 6 atom stereocenters. The van der Waals surface area contributed by atoms with Crippen LogP contribution in [-0.2, 0) is 19.2 Å². The van der Waals surface area contributed by atoms with Crippen molar-refractivity contribution in [3.05, 3.63) is 100 Å². The van der Waals surface area contributed by atoms with Gasteiger partial charge in [-0.15, -0.1) is 0 Å². The predicted molar refractivity (Wildman–Crippen MR) is 210 cm³/mol. The number of nitro groups is 4. The number of amides is 4. The topological polar surface area (TPSA) is 283 Å². The third-order valence-electron chi connectivity index (χ3n) is 11.6. The summed E-state index contributed by atoms with van der Waals surface area (Å²) in [6.45, 7) is 1.80. The molecule has 2 aliphatic carbocycles. The maximum atomic E-state index is 14.7. The summed E-state index contributed by atoms with van der Waals surface area (Å²) < 4.78 is 5.63. The Hall–Kier alpha value is -7.52. The SMILES string of the molecule is CCOc1cccc(C2C3=CCC4C(=O)N(c5cc([N+](=O)[O-])c(N(C)C)c([N+](=O)[O-])c5)C(=O)C4C3CC3C(=O)N(c4cc([N+](=O)[O-])c(N(C)C)c([N+](=O)[O-])c4)C(=O)C32)c1O. The number of imide groups is 2. The fourth-order valence-electron chi connectivity index (χ4n) is 9.42. The summed E-state index contributed by atoms with van der Waals surface area (Å²) in [7, 11) is 5.41.